The first-order valence-corrected chi connectivity index (χ1v) is 11.2. The van der Waals surface area contributed by atoms with E-state index < -0.39 is 0 Å². The second-order valence-corrected chi connectivity index (χ2v) is 8.50. The van der Waals surface area contributed by atoms with Crippen LogP contribution < -0.4 is 9.47 Å². The summed E-state index contributed by atoms with van der Waals surface area (Å²) in [4.78, 5) is 28.8. The second kappa shape index (κ2) is 9.57. The number of aromatic nitrogens is 1. The summed E-state index contributed by atoms with van der Waals surface area (Å²) in [7, 11) is 5.29. The van der Waals surface area contributed by atoms with E-state index in [9.17, 15) is 9.59 Å². The van der Waals surface area contributed by atoms with E-state index in [-0.39, 0.29) is 17.7 Å². The minimum Gasteiger partial charge on any atom is -0.497 e. The van der Waals surface area contributed by atoms with Crippen molar-refractivity contribution in [3.8, 4) is 11.5 Å². The summed E-state index contributed by atoms with van der Waals surface area (Å²) >= 11 is 0. The van der Waals surface area contributed by atoms with Gasteiger partial charge in [-0.25, -0.2) is 0 Å². The standard InChI is InChI=1S/C26H31N3O4/c1-18(30)28-9-11-29(12-10-28)26(31)16-23(19-13-20(32-3)15-21(14-19)33-4)24-17-27(2)25-8-6-5-7-22(24)25/h5-8,13-15,17,23H,9-12,16H2,1-4H3. The third-order valence-electron chi connectivity index (χ3n) is 6.54. The lowest BCUT2D eigenvalue weighted by Crippen LogP contribution is -2.50. The molecule has 2 heterocycles. The largest absolute Gasteiger partial charge is 0.497 e. The van der Waals surface area contributed by atoms with Crippen molar-refractivity contribution in [1.29, 1.82) is 0 Å². The van der Waals surface area contributed by atoms with Gasteiger partial charge in [-0.05, 0) is 29.3 Å². The van der Waals surface area contributed by atoms with Crippen LogP contribution in [0.1, 0.15) is 30.4 Å². The number of carbonyl (C=O) groups excluding carboxylic acids is 2. The van der Waals surface area contributed by atoms with Crippen molar-refractivity contribution in [3.63, 3.8) is 0 Å². The topological polar surface area (TPSA) is 64.0 Å². The van der Waals surface area contributed by atoms with Crippen LogP contribution in [0.2, 0.25) is 0 Å². The Morgan fingerprint density at radius 3 is 2.15 bits per heavy atom. The molecule has 3 aromatic rings. The van der Waals surface area contributed by atoms with Crippen LogP contribution in [0.3, 0.4) is 0 Å². The Kier molecular flexibility index (Phi) is 6.58. The number of nitrogens with zero attached hydrogens (tertiary/aromatic N) is 3. The molecule has 0 saturated carbocycles. The molecule has 0 spiro atoms. The van der Waals surface area contributed by atoms with E-state index in [0.717, 1.165) is 22.0 Å². The summed E-state index contributed by atoms with van der Waals surface area (Å²) < 4.78 is 13.1. The fourth-order valence-electron chi connectivity index (χ4n) is 4.66. The van der Waals surface area contributed by atoms with Gasteiger partial charge in [0, 0.05) is 75.7 Å². The number of ether oxygens (including phenoxy) is 2. The van der Waals surface area contributed by atoms with E-state index in [2.05, 4.69) is 22.9 Å². The molecule has 1 aliphatic rings. The zero-order chi connectivity index (χ0) is 23.5. The Balaban J connectivity index is 1.71. The van der Waals surface area contributed by atoms with E-state index in [0.29, 0.717) is 44.1 Å². The number of fused-ring (bicyclic) bond motifs is 1. The van der Waals surface area contributed by atoms with Gasteiger partial charge in [0.05, 0.1) is 14.2 Å². The number of methoxy groups -OCH3 is 2. The van der Waals surface area contributed by atoms with Gasteiger partial charge in [-0.2, -0.15) is 0 Å². The number of amides is 2. The first kappa shape index (κ1) is 22.7. The van der Waals surface area contributed by atoms with Gasteiger partial charge < -0.3 is 23.8 Å². The zero-order valence-electron chi connectivity index (χ0n) is 19.7. The van der Waals surface area contributed by atoms with Crippen molar-refractivity contribution in [2.24, 2.45) is 7.05 Å². The Hall–Kier alpha value is -3.48. The molecule has 1 saturated heterocycles. The lowest BCUT2D eigenvalue weighted by molar-refractivity contribution is -0.138. The smallest absolute Gasteiger partial charge is 0.223 e. The quantitative estimate of drug-likeness (QED) is 0.579. The third kappa shape index (κ3) is 4.67. The van der Waals surface area contributed by atoms with Gasteiger partial charge in [0.15, 0.2) is 0 Å². The average Bonchev–Trinajstić information content (AvgIpc) is 3.18. The van der Waals surface area contributed by atoms with Crippen molar-refractivity contribution in [2.45, 2.75) is 19.3 Å². The highest BCUT2D eigenvalue weighted by Gasteiger charge is 2.28. The number of piperazine rings is 1. The molecule has 2 amide bonds. The molecule has 2 aromatic carbocycles. The van der Waals surface area contributed by atoms with E-state index in [1.54, 1.807) is 26.0 Å². The zero-order valence-corrected chi connectivity index (χ0v) is 19.7. The van der Waals surface area contributed by atoms with E-state index in [1.165, 1.54) is 0 Å². The van der Waals surface area contributed by atoms with E-state index >= 15 is 0 Å². The van der Waals surface area contributed by atoms with Crippen molar-refractivity contribution in [2.75, 3.05) is 40.4 Å². The third-order valence-corrected chi connectivity index (χ3v) is 6.54. The van der Waals surface area contributed by atoms with Gasteiger partial charge in [0.25, 0.3) is 0 Å². The summed E-state index contributed by atoms with van der Waals surface area (Å²) in [5.74, 6) is 1.35. The Morgan fingerprint density at radius 1 is 0.939 bits per heavy atom. The predicted molar refractivity (Wildman–Crippen MR) is 128 cm³/mol. The molecule has 0 aliphatic carbocycles. The molecule has 1 aliphatic heterocycles. The lowest BCUT2D eigenvalue weighted by atomic mass is 9.87. The number of para-hydroxylation sites is 1. The molecule has 0 bridgehead atoms. The number of aryl methyl sites for hydroxylation is 1. The Bertz CT molecular complexity index is 1140. The molecule has 174 valence electrons. The average molecular weight is 450 g/mol. The minimum absolute atomic E-state index is 0.0548. The fraction of sp³-hybridized carbons (Fsp3) is 0.385. The van der Waals surface area contributed by atoms with Gasteiger partial charge in [-0.3, -0.25) is 9.59 Å². The lowest BCUT2D eigenvalue weighted by Gasteiger charge is -2.35. The normalized spacial score (nSPS) is 14.9. The highest BCUT2D eigenvalue weighted by Crippen LogP contribution is 2.38. The first-order chi connectivity index (χ1) is 15.9. The van der Waals surface area contributed by atoms with Crippen LogP contribution in [0.25, 0.3) is 10.9 Å². The van der Waals surface area contributed by atoms with Crippen LogP contribution in [0.15, 0.2) is 48.7 Å². The van der Waals surface area contributed by atoms with Gasteiger partial charge in [-0.15, -0.1) is 0 Å². The van der Waals surface area contributed by atoms with Gasteiger partial charge in [-0.1, -0.05) is 18.2 Å². The second-order valence-electron chi connectivity index (χ2n) is 8.50. The molecular weight excluding hydrogens is 418 g/mol. The first-order valence-electron chi connectivity index (χ1n) is 11.2. The van der Waals surface area contributed by atoms with Crippen LogP contribution in [-0.2, 0) is 16.6 Å². The maximum Gasteiger partial charge on any atom is 0.223 e. The number of hydrogen-bond acceptors (Lipinski definition) is 4. The summed E-state index contributed by atoms with van der Waals surface area (Å²) in [6.45, 7) is 3.84. The van der Waals surface area contributed by atoms with Crippen molar-refractivity contribution < 1.29 is 19.1 Å². The van der Waals surface area contributed by atoms with Crippen molar-refractivity contribution in [3.05, 3.63) is 59.8 Å². The van der Waals surface area contributed by atoms with Crippen LogP contribution >= 0.6 is 0 Å². The number of carbonyl (C=O) groups is 2. The van der Waals surface area contributed by atoms with Crippen LogP contribution in [0.5, 0.6) is 11.5 Å². The van der Waals surface area contributed by atoms with Gasteiger partial charge >= 0.3 is 0 Å². The molecule has 7 nitrogen and oxygen atoms in total. The Labute approximate surface area is 194 Å². The Morgan fingerprint density at radius 2 is 1.55 bits per heavy atom. The minimum atomic E-state index is -0.168. The van der Waals surface area contributed by atoms with Gasteiger partial charge in [0.2, 0.25) is 11.8 Å². The number of benzene rings is 2. The monoisotopic (exact) mass is 449 g/mol. The van der Waals surface area contributed by atoms with Crippen molar-refractivity contribution in [1.82, 2.24) is 14.4 Å². The molecule has 33 heavy (non-hydrogen) atoms. The summed E-state index contributed by atoms with van der Waals surface area (Å²) in [5, 5.41) is 1.13. The maximum atomic E-state index is 13.4. The number of hydrogen-bond donors (Lipinski definition) is 0. The number of rotatable bonds is 6. The maximum absolute atomic E-state index is 13.4. The SMILES string of the molecule is COc1cc(OC)cc(C(CC(=O)N2CCN(C(C)=O)CC2)c2cn(C)c3ccccc23)c1. The molecule has 0 N–H and O–H groups in total. The van der Waals surface area contributed by atoms with Crippen LogP contribution in [0, 0.1) is 0 Å². The predicted octanol–water partition coefficient (Wildman–Crippen LogP) is 3.41. The van der Waals surface area contributed by atoms with E-state index in [1.807, 2.05) is 42.3 Å². The molecule has 1 unspecified atom stereocenters. The highest BCUT2D eigenvalue weighted by atomic mass is 16.5. The fourth-order valence-corrected chi connectivity index (χ4v) is 4.66. The molecule has 1 atom stereocenters. The molecular formula is C26H31N3O4. The van der Waals surface area contributed by atoms with Crippen molar-refractivity contribution >= 4 is 22.7 Å². The highest BCUT2D eigenvalue weighted by molar-refractivity contribution is 5.87. The molecule has 7 heteroatoms. The summed E-state index contributed by atoms with van der Waals surface area (Å²) in [6.07, 6.45) is 2.44. The molecule has 1 fully saturated rings. The molecule has 4 rings (SSSR count). The summed E-state index contributed by atoms with van der Waals surface area (Å²) in [6, 6.07) is 14.0. The molecule has 0 radical (unpaired) electrons. The van der Waals surface area contributed by atoms with Crippen LogP contribution in [-0.4, -0.2) is 66.6 Å². The van der Waals surface area contributed by atoms with Gasteiger partial charge in [0.1, 0.15) is 11.5 Å². The van der Waals surface area contributed by atoms with E-state index in [4.69, 9.17) is 9.47 Å². The summed E-state index contributed by atoms with van der Waals surface area (Å²) in [5.41, 5.74) is 3.19. The van der Waals surface area contributed by atoms with Crippen LogP contribution in [0.4, 0.5) is 0 Å². The molecule has 1 aromatic heterocycles.